The Balaban J connectivity index is 2.14. The van der Waals surface area contributed by atoms with E-state index in [1.165, 1.54) is 5.69 Å². The molecule has 1 radical (unpaired) electrons. The van der Waals surface area contributed by atoms with Gasteiger partial charge in [0.2, 0.25) is 0 Å². The van der Waals surface area contributed by atoms with E-state index in [-0.39, 0.29) is 0 Å². The normalized spacial score (nSPS) is 18.8. The minimum Gasteiger partial charge on any atom is -0.369 e. The zero-order valence-corrected chi connectivity index (χ0v) is 8.13. The van der Waals surface area contributed by atoms with Crippen molar-refractivity contribution in [3.05, 3.63) is 29.3 Å². The number of ether oxygens (including phenoxy) is 1. The Morgan fingerprint density at radius 2 is 2.00 bits per heavy atom. The second-order valence-electron chi connectivity index (χ2n) is 3.08. The first-order valence-corrected chi connectivity index (χ1v) is 4.82. The molecular formula is C10H12ClNO+. The van der Waals surface area contributed by atoms with Crippen molar-refractivity contribution in [3.63, 3.8) is 0 Å². The van der Waals surface area contributed by atoms with Crippen LogP contribution in [0.3, 0.4) is 0 Å². The van der Waals surface area contributed by atoms with E-state index in [2.05, 4.69) is 11.0 Å². The number of anilines is 1. The van der Waals surface area contributed by atoms with Crippen molar-refractivity contribution in [3.8, 4) is 0 Å². The highest BCUT2D eigenvalue weighted by Gasteiger charge is 2.21. The summed E-state index contributed by atoms with van der Waals surface area (Å²) in [6.07, 6.45) is 0. The van der Waals surface area contributed by atoms with Gasteiger partial charge in [0.05, 0.1) is 0 Å². The van der Waals surface area contributed by atoms with Crippen LogP contribution < -0.4 is 4.90 Å². The molecule has 69 valence electrons. The Bertz CT molecular complexity index is 284. The Labute approximate surface area is 83.1 Å². The van der Waals surface area contributed by atoms with Crippen molar-refractivity contribution in [1.82, 2.24) is 4.90 Å². The van der Waals surface area contributed by atoms with Gasteiger partial charge in [0.15, 0.2) is 18.8 Å². The van der Waals surface area contributed by atoms with Gasteiger partial charge in [-0.2, -0.15) is 0 Å². The van der Waals surface area contributed by atoms with E-state index in [1.807, 2.05) is 18.2 Å². The lowest BCUT2D eigenvalue weighted by Gasteiger charge is -2.16. The van der Waals surface area contributed by atoms with Gasteiger partial charge in [-0.25, -0.2) is 0 Å². The highest BCUT2D eigenvalue weighted by Crippen LogP contribution is 2.19. The van der Waals surface area contributed by atoms with Crippen LogP contribution in [-0.2, 0) is 4.74 Å². The van der Waals surface area contributed by atoms with Crippen molar-refractivity contribution in [2.45, 2.75) is 0 Å². The summed E-state index contributed by atoms with van der Waals surface area (Å²) in [5.41, 5.74) is 1.19. The quantitative estimate of drug-likeness (QED) is 0.630. The average Bonchev–Trinajstić information content (AvgIpc) is 2.19. The standard InChI is InChI=1S/C10H12ClNO/c11-9-2-1-3-10(8-9)12-4-6-13-7-5-12/h1-3,8H,4-7H2/q+1. The molecule has 0 atom stereocenters. The summed E-state index contributed by atoms with van der Waals surface area (Å²) in [5.74, 6) is 0. The molecule has 0 saturated carbocycles. The lowest BCUT2D eigenvalue weighted by atomic mass is 10.2. The highest BCUT2D eigenvalue weighted by molar-refractivity contribution is 6.30. The van der Waals surface area contributed by atoms with Crippen LogP contribution in [0.5, 0.6) is 0 Å². The Hall–Kier alpha value is -0.570. The highest BCUT2D eigenvalue weighted by atomic mass is 35.5. The first-order valence-electron chi connectivity index (χ1n) is 4.44. The van der Waals surface area contributed by atoms with Crippen molar-refractivity contribution in [2.24, 2.45) is 0 Å². The summed E-state index contributed by atoms with van der Waals surface area (Å²) in [7, 11) is 0. The summed E-state index contributed by atoms with van der Waals surface area (Å²) in [6.45, 7) is 3.54. The molecule has 1 aliphatic rings. The molecule has 0 aromatic heterocycles. The molecule has 2 nitrogen and oxygen atoms in total. The molecule has 0 amide bonds. The van der Waals surface area contributed by atoms with Crippen LogP contribution in [0.4, 0.5) is 5.69 Å². The number of nitrogens with zero attached hydrogens (tertiary/aromatic N) is 1. The minimum absolute atomic E-state index is 0.795. The molecule has 0 bridgehead atoms. The maximum Gasteiger partial charge on any atom is 0.182 e. The van der Waals surface area contributed by atoms with Gasteiger partial charge >= 0.3 is 0 Å². The predicted octanol–water partition coefficient (Wildman–Crippen LogP) is 2.14. The summed E-state index contributed by atoms with van der Waals surface area (Å²) in [5, 5.41) is 0.795. The van der Waals surface area contributed by atoms with Crippen LogP contribution in [0.15, 0.2) is 24.3 Å². The maximum atomic E-state index is 5.91. The zero-order chi connectivity index (χ0) is 9.10. The van der Waals surface area contributed by atoms with Gasteiger partial charge in [-0.3, -0.25) is 0 Å². The van der Waals surface area contributed by atoms with E-state index in [0.29, 0.717) is 0 Å². The van der Waals surface area contributed by atoms with E-state index in [4.69, 9.17) is 16.3 Å². The summed E-state index contributed by atoms with van der Waals surface area (Å²) in [6, 6.07) is 7.95. The van der Waals surface area contributed by atoms with Gasteiger partial charge in [-0.1, -0.05) is 17.7 Å². The SMILES string of the molecule is Clc1cccc([N+]2CCOCC2)c1. The van der Waals surface area contributed by atoms with Crippen LogP contribution in [0, 0.1) is 0 Å². The molecule has 3 heteroatoms. The van der Waals surface area contributed by atoms with Gasteiger partial charge < -0.3 is 4.74 Å². The van der Waals surface area contributed by atoms with Crippen molar-refractivity contribution in [1.29, 1.82) is 0 Å². The fourth-order valence-corrected chi connectivity index (χ4v) is 1.68. The molecule has 1 aromatic rings. The summed E-state index contributed by atoms with van der Waals surface area (Å²) in [4.78, 5) is 2.29. The maximum absolute atomic E-state index is 5.91. The molecule has 0 N–H and O–H groups in total. The Morgan fingerprint density at radius 3 is 2.69 bits per heavy atom. The number of morpholine rings is 1. The molecule has 0 aliphatic carbocycles. The third-order valence-electron chi connectivity index (χ3n) is 2.18. The molecule has 1 aliphatic heterocycles. The van der Waals surface area contributed by atoms with E-state index >= 15 is 0 Å². The third kappa shape index (κ3) is 2.21. The van der Waals surface area contributed by atoms with Crippen LogP contribution >= 0.6 is 11.6 Å². The second kappa shape index (κ2) is 4.09. The fourth-order valence-electron chi connectivity index (χ4n) is 1.49. The molecular weight excluding hydrogens is 186 g/mol. The van der Waals surface area contributed by atoms with Gasteiger partial charge in [-0.05, 0) is 6.07 Å². The summed E-state index contributed by atoms with van der Waals surface area (Å²) < 4.78 is 5.28. The number of hydrogen-bond acceptors (Lipinski definition) is 2. The zero-order valence-electron chi connectivity index (χ0n) is 7.37. The molecule has 2 rings (SSSR count). The molecule has 1 fully saturated rings. The van der Waals surface area contributed by atoms with Crippen molar-refractivity contribution < 1.29 is 4.74 Å². The largest absolute Gasteiger partial charge is 0.369 e. The van der Waals surface area contributed by atoms with E-state index in [1.54, 1.807) is 0 Å². The van der Waals surface area contributed by atoms with E-state index in [9.17, 15) is 0 Å². The van der Waals surface area contributed by atoms with Crippen LogP contribution in [0.25, 0.3) is 0 Å². The van der Waals surface area contributed by atoms with Crippen molar-refractivity contribution in [2.75, 3.05) is 26.3 Å². The van der Waals surface area contributed by atoms with Gasteiger partial charge in [0.1, 0.15) is 13.2 Å². The first kappa shape index (κ1) is 9.00. The van der Waals surface area contributed by atoms with E-state index in [0.717, 1.165) is 31.3 Å². The monoisotopic (exact) mass is 197 g/mol. The van der Waals surface area contributed by atoms with Crippen LogP contribution in [0.2, 0.25) is 5.02 Å². The number of rotatable bonds is 1. The third-order valence-corrected chi connectivity index (χ3v) is 2.42. The molecule has 0 unspecified atom stereocenters. The smallest absolute Gasteiger partial charge is 0.182 e. The Kier molecular flexibility index (Phi) is 2.83. The summed E-state index contributed by atoms with van der Waals surface area (Å²) >= 11 is 5.91. The molecule has 1 aromatic carbocycles. The van der Waals surface area contributed by atoms with Crippen LogP contribution in [0.1, 0.15) is 0 Å². The Morgan fingerprint density at radius 1 is 1.23 bits per heavy atom. The van der Waals surface area contributed by atoms with E-state index < -0.39 is 0 Å². The van der Waals surface area contributed by atoms with Gasteiger partial charge in [0.25, 0.3) is 0 Å². The number of hydrogen-bond donors (Lipinski definition) is 0. The van der Waals surface area contributed by atoms with Crippen molar-refractivity contribution >= 4 is 17.3 Å². The fraction of sp³-hybridized carbons (Fsp3) is 0.400. The molecule has 1 saturated heterocycles. The van der Waals surface area contributed by atoms with Gasteiger partial charge in [0, 0.05) is 17.2 Å². The average molecular weight is 198 g/mol. The molecule has 1 heterocycles. The molecule has 0 spiro atoms. The van der Waals surface area contributed by atoms with Gasteiger partial charge in [-0.15, -0.1) is 4.90 Å². The lowest BCUT2D eigenvalue weighted by Crippen LogP contribution is -2.37. The minimum atomic E-state index is 0.795. The van der Waals surface area contributed by atoms with Crippen LogP contribution in [-0.4, -0.2) is 26.3 Å². The lowest BCUT2D eigenvalue weighted by molar-refractivity contribution is 0.0903. The topological polar surface area (TPSA) is 15.1 Å². The number of benzene rings is 1. The molecule has 13 heavy (non-hydrogen) atoms. The first-order chi connectivity index (χ1) is 6.36. The number of halogens is 1. The second-order valence-corrected chi connectivity index (χ2v) is 3.52. The predicted molar refractivity (Wildman–Crippen MR) is 53.8 cm³/mol.